The monoisotopic (exact) mass is 338 g/mol. The summed E-state index contributed by atoms with van der Waals surface area (Å²) in [5.41, 5.74) is 0. The molecular formula is C15H22N4O3S. The van der Waals surface area contributed by atoms with Gasteiger partial charge in [0.05, 0.1) is 12.5 Å². The lowest BCUT2D eigenvalue weighted by molar-refractivity contribution is -0.136. The van der Waals surface area contributed by atoms with E-state index >= 15 is 0 Å². The van der Waals surface area contributed by atoms with Crippen LogP contribution >= 0.6 is 11.3 Å². The van der Waals surface area contributed by atoms with Gasteiger partial charge in [0.2, 0.25) is 11.8 Å². The van der Waals surface area contributed by atoms with E-state index in [0.717, 1.165) is 18.2 Å². The van der Waals surface area contributed by atoms with Gasteiger partial charge in [0.25, 0.3) is 0 Å². The third kappa shape index (κ3) is 3.64. The second-order valence-electron chi connectivity index (χ2n) is 5.86. The number of rotatable bonds is 5. The zero-order valence-electron chi connectivity index (χ0n) is 13.3. The number of ether oxygens (including phenoxy) is 1. The number of amides is 2. The van der Waals surface area contributed by atoms with Crippen LogP contribution in [0.15, 0.2) is 11.6 Å². The Kier molecular flexibility index (Phi) is 5.12. The molecule has 2 aliphatic rings. The highest BCUT2D eigenvalue weighted by atomic mass is 32.1. The van der Waals surface area contributed by atoms with E-state index in [2.05, 4.69) is 9.88 Å². The minimum absolute atomic E-state index is 0.0572. The first kappa shape index (κ1) is 16.2. The maximum absolute atomic E-state index is 12.6. The summed E-state index contributed by atoms with van der Waals surface area (Å²) in [5.74, 6) is -0.0374. The second kappa shape index (κ2) is 7.27. The fourth-order valence-corrected chi connectivity index (χ4v) is 3.80. The Hall–Kier alpha value is -1.67. The highest BCUT2D eigenvalue weighted by Crippen LogP contribution is 2.23. The molecule has 1 aromatic heterocycles. The van der Waals surface area contributed by atoms with Crippen molar-refractivity contribution < 1.29 is 14.3 Å². The number of anilines is 1. The SMILES string of the molecule is COCCN1C[C@@H](C(=O)N2CCN(c3nccs3)CC2)CC1=O. The highest BCUT2D eigenvalue weighted by Gasteiger charge is 2.37. The van der Waals surface area contributed by atoms with Crippen LogP contribution in [-0.2, 0) is 14.3 Å². The molecule has 0 aromatic carbocycles. The van der Waals surface area contributed by atoms with Gasteiger partial charge in [-0.1, -0.05) is 0 Å². The van der Waals surface area contributed by atoms with Crippen molar-refractivity contribution in [3.8, 4) is 0 Å². The van der Waals surface area contributed by atoms with E-state index in [1.807, 2.05) is 10.3 Å². The Morgan fingerprint density at radius 2 is 2.17 bits per heavy atom. The van der Waals surface area contributed by atoms with Gasteiger partial charge in [0, 0.05) is 64.4 Å². The molecule has 2 aliphatic heterocycles. The molecule has 0 spiro atoms. The maximum atomic E-state index is 12.6. The summed E-state index contributed by atoms with van der Waals surface area (Å²) in [5, 5.41) is 2.98. The normalized spacial score (nSPS) is 22.0. The van der Waals surface area contributed by atoms with E-state index < -0.39 is 0 Å². The number of piperazine rings is 1. The van der Waals surface area contributed by atoms with Crippen LogP contribution in [0.4, 0.5) is 5.13 Å². The van der Waals surface area contributed by atoms with Crippen LogP contribution in [0.3, 0.4) is 0 Å². The second-order valence-corrected chi connectivity index (χ2v) is 6.73. The van der Waals surface area contributed by atoms with Crippen molar-refractivity contribution in [3.05, 3.63) is 11.6 Å². The summed E-state index contributed by atoms with van der Waals surface area (Å²) in [4.78, 5) is 34.8. The zero-order valence-corrected chi connectivity index (χ0v) is 14.1. The minimum Gasteiger partial charge on any atom is -0.383 e. The van der Waals surface area contributed by atoms with Crippen molar-refractivity contribution in [3.63, 3.8) is 0 Å². The summed E-state index contributed by atoms with van der Waals surface area (Å²) in [6, 6.07) is 0. The first-order valence-electron chi connectivity index (χ1n) is 7.89. The van der Waals surface area contributed by atoms with Crippen LogP contribution in [-0.4, -0.2) is 79.6 Å². The molecule has 2 fully saturated rings. The molecule has 3 heterocycles. The molecule has 3 rings (SSSR count). The van der Waals surface area contributed by atoms with E-state index in [4.69, 9.17) is 4.74 Å². The van der Waals surface area contributed by atoms with Crippen LogP contribution in [0.1, 0.15) is 6.42 Å². The Morgan fingerprint density at radius 3 is 2.83 bits per heavy atom. The number of carbonyl (C=O) groups is 2. The molecule has 2 amide bonds. The van der Waals surface area contributed by atoms with Gasteiger partial charge in [-0.3, -0.25) is 9.59 Å². The Labute approximate surface area is 139 Å². The maximum Gasteiger partial charge on any atom is 0.228 e. The van der Waals surface area contributed by atoms with E-state index in [1.165, 1.54) is 0 Å². The summed E-state index contributed by atoms with van der Waals surface area (Å²) in [6.45, 7) is 4.59. The number of aromatic nitrogens is 1. The topological polar surface area (TPSA) is 66.0 Å². The van der Waals surface area contributed by atoms with E-state index in [1.54, 1.807) is 29.5 Å². The molecule has 0 radical (unpaired) electrons. The third-order valence-electron chi connectivity index (χ3n) is 4.41. The number of hydrogen-bond donors (Lipinski definition) is 0. The third-order valence-corrected chi connectivity index (χ3v) is 5.24. The summed E-state index contributed by atoms with van der Waals surface area (Å²) >= 11 is 1.62. The Morgan fingerprint density at radius 1 is 1.39 bits per heavy atom. The number of nitrogens with zero attached hydrogens (tertiary/aromatic N) is 4. The first-order valence-corrected chi connectivity index (χ1v) is 8.77. The van der Waals surface area contributed by atoms with Gasteiger partial charge in [-0.05, 0) is 0 Å². The molecular weight excluding hydrogens is 316 g/mol. The largest absolute Gasteiger partial charge is 0.383 e. The molecule has 126 valence electrons. The summed E-state index contributed by atoms with van der Waals surface area (Å²) in [7, 11) is 1.62. The number of thiazole rings is 1. The van der Waals surface area contributed by atoms with Crippen LogP contribution in [0.5, 0.6) is 0 Å². The summed E-state index contributed by atoms with van der Waals surface area (Å²) < 4.78 is 5.01. The molecule has 0 aliphatic carbocycles. The van der Waals surface area contributed by atoms with Crippen LogP contribution in [0, 0.1) is 5.92 Å². The quantitative estimate of drug-likeness (QED) is 0.772. The van der Waals surface area contributed by atoms with Crippen molar-refractivity contribution in [2.45, 2.75) is 6.42 Å². The molecule has 1 atom stereocenters. The molecule has 8 heteroatoms. The number of likely N-dealkylation sites (tertiary alicyclic amines) is 1. The zero-order chi connectivity index (χ0) is 16.2. The number of carbonyl (C=O) groups excluding carboxylic acids is 2. The van der Waals surface area contributed by atoms with Gasteiger partial charge in [-0.15, -0.1) is 11.3 Å². The van der Waals surface area contributed by atoms with Crippen LogP contribution < -0.4 is 4.90 Å². The van der Waals surface area contributed by atoms with Gasteiger partial charge in [0.1, 0.15) is 0 Å². The lowest BCUT2D eigenvalue weighted by atomic mass is 10.1. The Balaban J connectivity index is 1.51. The lowest BCUT2D eigenvalue weighted by Crippen LogP contribution is -2.50. The van der Waals surface area contributed by atoms with Crippen molar-refractivity contribution in [2.24, 2.45) is 5.92 Å². The van der Waals surface area contributed by atoms with E-state index in [-0.39, 0.29) is 17.7 Å². The van der Waals surface area contributed by atoms with Gasteiger partial charge in [0.15, 0.2) is 5.13 Å². The standard InChI is InChI=1S/C15H22N4O3S/c1-22-8-7-19-11-12(10-13(19)20)14(21)17-3-5-18(6-4-17)15-16-2-9-23-15/h2,9,12H,3-8,10-11H2,1H3/t12-/m0/s1. The average molecular weight is 338 g/mol. The van der Waals surface area contributed by atoms with Crippen molar-refractivity contribution in [1.29, 1.82) is 0 Å². The van der Waals surface area contributed by atoms with Crippen LogP contribution in [0.25, 0.3) is 0 Å². The lowest BCUT2D eigenvalue weighted by Gasteiger charge is -2.35. The summed E-state index contributed by atoms with van der Waals surface area (Å²) in [6.07, 6.45) is 2.13. The molecule has 0 bridgehead atoms. The fourth-order valence-electron chi connectivity index (χ4n) is 3.10. The van der Waals surface area contributed by atoms with Gasteiger partial charge in [-0.2, -0.15) is 0 Å². The minimum atomic E-state index is -0.203. The van der Waals surface area contributed by atoms with Gasteiger partial charge in [-0.25, -0.2) is 4.98 Å². The molecule has 23 heavy (non-hydrogen) atoms. The average Bonchev–Trinajstić information content (AvgIpc) is 3.22. The molecule has 2 saturated heterocycles. The smallest absolute Gasteiger partial charge is 0.228 e. The number of methoxy groups -OCH3 is 1. The van der Waals surface area contributed by atoms with E-state index in [9.17, 15) is 9.59 Å². The first-order chi connectivity index (χ1) is 11.2. The Bertz CT molecular complexity index is 543. The van der Waals surface area contributed by atoms with Crippen molar-refractivity contribution >= 4 is 28.3 Å². The molecule has 0 saturated carbocycles. The predicted molar refractivity (Wildman–Crippen MR) is 87.5 cm³/mol. The molecule has 1 aromatic rings. The molecule has 0 unspecified atom stereocenters. The van der Waals surface area contributed by atoms with Gasteiger partial charge >= 0.3 is 0 Å². The molecule has 0 N–H and O–H groups in total. The van der Waals surface area contributed by atoms with Gasteiger partial charge < -0.3 is 19.4 Å². The highest BCUT2D eigenvalue weighted by molar-refractivity contribution is 7.13. The van der Waals surface area contributed by atoms with Crippen molar-refractivity contribution in [1.82, 2.24) is 14.8 Å². The van der Waals surface area contributed by atoms with Crippen LogP contribution in [0.2, 0.25) is 0 Å². The fraction of sp³-hybridized carbons (Fsp3) is 0.667. The predicted octanol–water partition coefficient (Wildman–Crippen LogP) is 0.287. The number of hydrogen-bond acceptors (Lipinski definition) is 6. The van der Waals surface area contributed by atoms with E-state index in [0.29, 0.717) is 39.2 Å². The molecule has 7 nitrogen and oxygen atoms in total. The van der Waals surface area contributed by atoms with Crippen molar-refractivity contribution in [2.75, 3.05) is 57.9 Å².